The number of carbonyl (C=O) groups is 1. The minimum atomic E-state index is -0.821. The first-order valence-corrected chi connectivity index (χ1v) is 11.5. The van der Waals surface area contributed by atoms with Crippen molar-refractivity contribution in [2.45, 2.75) is 64.5 Å². The molecule has 1 aliphatic carbocycles. The lowest BCUT2D eigenvalue weighted by atomic mass is 9.82. The number of nitrogens with zero attached hydrogens (tertiary/aromatic N) is 2. The van der Waals surface area contributed by atoms with Crippen LogP contribution in [0.4, 0.5) is 10.1 Å². The third-order valence-corrected chi connectivity index (χ3v) is 6.08. The molecule has 2 atom stereocenters. The Hall–Kier alpha value is -2.83. The Morgan fingerprint density at radius 1 is 1.19 bits per heavy atom. The number of benzene rings is 1. The summed E-state index contributed by atoms with van der Waals surface area (Å²) in [7, 11) is 0. The van der Waals surface area contributed by atoms with Gasteiger partial charge in [0.05, 0.1) is 18.7 Å². The van der Waals surface area contributed by atoms with E-state index in [0.29, 0.717) is 18.7 Å². The van der Waals surface area contributed by atoms with Crippen LogP contribution in [0.5, 0.6) is 11.6 Å². The molecule has 6 nitrogen and oxygen atoms in total. The molecule has 32 heavy (non-hydrogen) atoms. The fourth-order valence-electron chi connectivity index (χ4n) is 4.17. The van der Waals surface area contributed by atoms with Crippen LogP contribution in [0.25, 0.3) is 0 Å². The summed E-state index contributed by atoms with van der Waals surface area (Å²) in [5.41, 5.74) is 2.09. The second-order valence-corrected chi connectivity index (χ2v) is 9.06. The second kappa shape index (κ2) is 9.76. The van der Waals surface area contributed by atoms with Crippen molar-refractivity contribution in [3.8, 4) is 11.6 Å². The summed E-state index contributed by atoms with van der Waals surface area (Å²) in [5, 5.41) is 2.98. The van der Waals surface area contributed by atoms with Crippen LogP contribution in [0.3, 0.4) is 0 Å². The van der Waals surface area contributed by atoms with Crippen molar-refractivity contribution < 1.29 is 18.7 Å². The van der Waals surface area contributed by atoms with E-state index in [1.165, 1.54) is 0 Å². The Kier molecular flexibility index (Phi) is 6.82. The van der Waals surface area contributed by atoms with Gasteiger partial charge in [0.25, 0.3) is 0 Å². The van der Waals surface area contributed by atoms with Crippen LogP contribution >= 0.6 is 0 Å². The normalized spacial score (nSPS) is 23.5. The monoisotopic (exact) mass is 441 g/mol. The van der Waals surface area contributed by atoms with Crippen LogP contribution in [0, 0.1) is 5.92 Å². The Balaban J connectivity index is 1.28. The summed E-state index contributed by atoms with van der Waals surface area (Å²) in [6, 6.07) is 11.7. The predicted molar refractivity (Wildman–Crippen MR) is 122 cm³/mol. The number of pyridine rings is 1. The minimum absolute atomic E-state index is 0.0594. The highest BCUT2D eigenvalue weighted by atomic mass is 19.1. The standard InChI is InChI=1S/C25H32FN3O3/c1-16(2)31-24-14-21(8-10-27-24)29-11-9-23(15-29)32-22-6-4-18(5-7-22)17(3)28-25(30)19-12-20(26)13-19/h4-8,10,14,16-17,19-20,23H,9,11-13,15H2,1-3H3,(H,28,30)/t17-,19?,20?,23?/m0/s1. The minimum Gasteiger partial charge on any atom is -0.489 e. The Morgan fingerprint density at radius 3 is 2.62 bits per heavy atom. The fourth-order valence-corrected chi connectivity index (χ4v) is 4.17. The van der Waals surface area contributed by atoms with Gasteiger partial charge < -0.3 is 19.7 Å². The van der Waals surface area contributed by atoms with Crippen molar-refractivity contribution in [3.05, 3.63) is 48.2 Å². The van der Waals surface area contributed by atoms with Crippen LogP contribution in [0.1, 0.15) is 51.6 Å². The largest absolute Gasteiger partial charge is 0.489 e. The number of halogens is 1. The first-order valence-electron chi connectivity index (χ1n) is 11.5. The molecule has 1 aromatic heterocycles. The van der Waals surface area contributed by atoms with Gasteiger partial charge >= 0.3 is 0 Å². The number of ether oxygens (including phenoxy) is 2. The topological polar surface area (TPSA) is 63.7 Å². The second-order valence-electron chi connectivity index (χ2n) is 9.06. The molecule has 1 N–H and O–H groups in total. The molecular weight excluding hydrogens is 409 g/mol. The van der Waals surface area contributed by atoms with Gasteiger partial charge in [-0.2, -0.15) is 0 Å². The van der Waals surface area contributed by atoms with E-state index in [9.17, 15) is 9.18 Å². The summed E-state index contributed by atoms with van der Waals surface area (Å²) < 4.78 is 24.9. The van der Waals surface area contributed by atoms with Gasteiger partial charge in [0, 0.05) is 36.8 Å². The highest BCUT2D eigenvalue weighted by Crippen LogP contribution is 2.31. The molecule has 2 fully saturated rings. The van der Waals surface area contributed by atoms with E-state index in [1.54, 1.807) is 6.20 Å². The maximum atomic E-state index is 13.0. The molecule has 4 rings (SSSR count). The number of carbonyl (C=O) groups excluding carboxylic acids is 1. The lowest BCUT2D eigenvalue weighted by molar-refractivity contribution is -0.130. The summed E-state index contributed by atoms with van der Waals surface area (Å²) >= 11 is 0. The number of rotatable bonds is 8. The molecule has 1 aromatic carbocycles. The van der Waals surface area contributed by atoms with E-state index in [-0.39, 0.29) is 30.1 Å². The molecule has 1 saturated carbocycles. The molecule has 172 valence electrons. The molecule has 2 aromatic rings. The lowest BCUT2D eigenvalue weighted by Gasteiger charge is -2.29. The zero-order valence-corrected chi connectivity index (χ0v) is 19.0. The average molecular weight is 442 g/mol. The Morgan fingerprint density at radius 2 is 1.94 bits per heavy atom. The van der Waals surface area contributed by atoms with E-state index >= 15 is 0 Å². The number of aromatic nitrogens is 1. The third-order valence-electron chi connectivity index (χ3n) is 6.08. The number of anilines is 1. The van der Waals surface area contributed by atoms with Gasteiger partial charge in [0.1, 0.15) is 18.0 Å². The molecule has 1 unspecified atom stereocenters. The van der Waals surface area contributed by atoms with Crippen molar-refractivity contribution in [3.63, 3.8) is 0 Å². The number of nitrogens with one attached hydrogen (secondary N) is 1. The van der Waals surface area contributed by atoms with E-state index in [2.05, 4.69) is 15.2 Å². The van der Waals surface area contributed by atoms with Gasteiger partial charge in [0.15, 0.2) is 0 Å². The van der Waals surface area contributed by atoms with Crippen LogP contribution in [-0.4, -0.2) is 42.4 Å². The van der Waals surface area contributed by atoms with Gasteiger partial charge in [-0.05, 0) is 57.4 Å². The fraction of sp³-hybridized carbons (Fsp3) is 0.520. The van der Waals surface area contributed by atoms with E-state index in [1.807, 2.05) is 57.2 Å². The van der Waals surface area contributed by atoms with Gasteiger partial charge in [0.2, 0.25) is 11.8 Å². The number of alkyl halides is 1. The predicted octanol–water partition coefficient (Wildman–Crippen LogP) is 4.45. The van der Waals surface area contributed by atoms with Crippen molar-refractivity contribution in [1.29, 1.82) is 0 Å². The molecule has 2 aliphatic rings. The highest BCUT2D eigenvalue weighted by Gasteiger charge is 2.35. The zero-order chi connectivity index (χ0) is 22.7. The van der Waals surface area contributed by atoms with E-state index in [4.69, 9.17) is 9.47 Å². The van der Waals surface area contributed by atoms with Crippen LogP contribution in [0.15, 0.2) is 42.6 Å². The zero-order valence-electron chi connectivity index (χ0n) is 19.0. The Bertz CT molecular complexity index is 915. The lowest BCUT2D eigenvalue weighted by Crippen LogP contribution is -2.40. The van der Waals surface area contributed by atoms with E-state index < -0.39 is 6.17 Å². The smallest absolute Gasteiger partial charge is 0.223 e. The molecule has 1 saturated heterocycles. The summed E-state index contributed by atoms with van der Waals surface area (Å²) in [6.45, 7) is 7.64. The van der Waals surface area contributed by atoms with Gasteiger partial charge in [-0.3, -0.25) is 4.79 Å². The summed E-state index contributed by atoms with van der Waals surface area (Å²) in [6.07, 6.45) is 2.78. The third kappa shape index (κ3) is 5.50. The molecule has 1 amide bonds. The summed E-state index contributed by atoms with van der Waals surface area (Å²) in [4.78, 5) is 18.7. The van der Waals surface area contributed by atoms with Crippen molar-refractivity contribution in [2.75, 3.05) is 18.0 Å². The molecule has 0 spiro atoms. The van der Waals surface area contributed by atoms with Crippen molar-refractivity contribution in [2.24, 2.45) is 5.92 Å². The molecule has 0 bridgehead atoms. The molecule has 1 aliphatic heterocycles. The molecular formula is C25H32FN3O3. The number of amides is 1. The molecule has 7 heteroatoms. The van der Waals surface area contributed by atoms with Gasteiger partial charge in [-0.15, -0.1) is 0 Å². The van der Waals surface area contributed by atoms with Crippen LogP contribution in [-0.2, 0) is 4.79 Å². The van der Waals surface area contributed by atoms with Crippen molar-refractivity contribution >= 4 is 11.6 Å². The number of hydrogen-bond acceptors (Lipinski definition) is 5. The molecule has 2 heterocycles. The van der Waals surface area contributed by atoms with Crippen LogP contribution < -0.4 is 19.7 Å². The average Bonchev–Trinajstić information content (AvgIpc) is 3.20. The summed E-state index contributed by atoms with van der Waals surface area (Å²) in [5.74, 6) is 1.21. The maximum absolute atomic E-state index is 13.0. The van der Waals surface area contributed by atoms with Gasteiger partial charge in [-0.1, -0.05) is 12.1 Å². The SMILES string of the molecule is CC(C)Oc1cc(N2CCC(Oc3ccc([C@H](C)NC(=O)C4CC(F)C4)cc3)C2)ccn1. The first kappa shape index (κ1) is 22.4. The Labute approximate surface area is 189 Å². The first-order chi connectivity index (χ1) is 15.4. The van der Waals surface area contributed by atoms with Crippen LogP contribution in [0.2, 0.25) is 0 Å². The quantitative estimate of drug-likeness (QED) is 0.656. The number of hydrogen-bond donors (Lipinski definition) is 1. The van der Waals surface area contributed by atoms with E-state index in [0.717, 1.165) is 36.5 Å². The van der Waals surface area contributed by atoms with Gasteiger partial charge in [-0.25, -0.2) is 9.37 Å². The maximum Gasteiger partial charge on any atom is 0.223 e. The van der Waals surface area contributed by atoms with Crippen molar-refractivity contribution in [1.82, 2.24) is 10.3 Å². The molecule has 0 radical (unpaired) electrons. The highest BCUT2D eigenvalue weighted by molar-refractivity contribution is 5.80.